The number of nitrogens with two attached hydrogens (primary N) is 1. The van der Waals surface area contributed by atoms with E-state index in [1.165, 1.54) is 5.56 Å². The molecule has 1 fully saturated rings. The van der Waals surface area contributed by atoms with E-state index in [0.717, 1.165) is 17.5 Å². The highest BCUT2D eigenvalue weighted by Crippen LogP contribution is 2.28. The third-order valence-electron chi connectivity index (χ3n) is 4.87. The highest BCUT2D eigenvalue weighted by molar-refractivity contribution is 5.97. The average Bonchev–Trinajstić information content (AvgIpc) is 3.24. The molecule has 1 aliphatic rings. The highest BCUT2D eigenvalue weighted by Gasteiger charge is 2.34. The summed E-state index contributed by atoms with van der Waals surface area (Å²) in [6.45, 7) is 3.16. The zero-order valence-electron chi connectivity index (χ0n) is 14.5. The van der Waals surface area contributed by atoms with E-state index in [1.54, 1.807) is 6.20 Å². The molecule has 1 aromatic carbocycles. The van der Waals surface area contributed by atoms with Gasteiger partial charge in [-0.15, -0.1) is 12.4 Å². The van der Waals surface area contributed by atoms with Crippen LogP contribution in [0.15, 0.2) is 47.1 Å². The number of carbonyl (C=O) groups is 1. The number of likely N-dealkylation sites (tertiary alicyclic amines) is 1. The number of hydrogen-bond donors (Lipinski definition) is 1. The van der Waals surface area contributed by atoms with Gasteiger partial charge in [-0.1, -0.05) is 42.4 Å². The number of amides is 1. The summed E-state index contributed by atoms with van der Waals surface area (Å²) in [7, 11) is 0. The lowest BCUT2D eigenvalue weighted by atomic mass is 9.95. The van der Waals surface area contributed by atoms with Crippen molar-refractivity contribution >= 4 is 29.4 Å². The van der Waals surface area contributed by atoms with Gasteiger partial charge in [0.1, 0.15) is 0 Å². The zero-order valence-corrected chi connectivity index (χ0v) is 15.3. The fraction of sp³-hybridized carbons (Fsp3) is 0.316. The van der Waals surface area contributed by atoms with Crippen LogP contribution in [0.2, 0.25) is 0 Å². The predicted octanol–water partition coefficient (Wildman–Crippen LogP) is 2.77. The summed E-state index contributed by atoms with van der Waals surface area (Å²) < 4.78 is 5.19. The van der Waals surface area contributed by atoms with Gasteiger partial charge in [0.25, 0.3) is 11.6 Å². The van der Waals surface area contributed by atoms with Crippen molar-refractivity contribution in [2.75, 3.05) is 13.1 Å². The number of rotatable bonds is 3. The second-order valence-electron chi connectivity index (χ2n) is 6.45. The number of fused-ring (bicyclic) bond motifs is 1. The fourth-order valence-electron chi connectivity index (χ4n) is 3.48. The maximum absolute atomic E-state index is 12.9. The summed E-state index contributed by atoms with van der Waals surface area (Å²) in [6.07, 6.45) is 2.29. The normalized spacial score (nSPS) is 19.5. The van der Waals surface area contributed by atoms with Crippen LogP contribution in [-0.2, 0) is 6.42 Å². The molecule has 3 heterocycles. The van der Waals surface area contributed by atoms with E-state index in [4.69, 9.17) is 10.3 Å². The fourth-order valence-corrected chi connectivity index (χ4v) is 3.48. The van der Waals surface area contributed by atoms with Crippen molar-refractivity contribution in [1.82, 2.24) is 15.0 Å². The molecule has 0 radical (unpaired) electrons. The van der Waals surface area contributed by atoms with Crippen molar-refractivity contribution in [2.45, 2.75) is 25.3 Å². The number of halogens is 1. The zero-order chi connectivity index (χ0) is 17.4. The van der Waals surface area contributed by atoms with Crippen molar-refractivity contribution in [1.29, 1.82) is 0 Å². The maximum atomic E-state index is 12.9. The van der Waals surface area contributed by atoms with Crippen LogP contribution in [-0.4, -0.2) is 40.1 Å². The molecule has 0 aliphatic carbocycles. The molecule has 2 atom stereocenters. The van der Waals surface area contributed by atoms with Crippen LogP contribution in [0.1, 0.15) is 34.5 Å². The Balaban J connectivity index is 0.00000196. The monoisotopic (exact) mass is 372 g/mol. The molecule has 7 heteroatoms. The summed E-state index contributed by atoms with van der Waals surface area (Å²) in [5, 5.41) is 4.80. The summed E-state index contributed by atoms with van der Waals surface area (Å²) in [5.41, 5.74) is 9.31. The summed E-state index contributed by atoms with van der Waals surface area (Å²) in [5.74, 6) is 0.107. The highest BCUT2D eigenvalue weighted by atomic mass is 35.5. The van der Waals surface area contributed by atoms with Crippen molar-refractivity contribution in [3.63, 3.8) is 0 Å². The van der Waals surface area contributed by atoms with E-state index in [-0.39, 0.29) is 30.3 Å². The van der Waals surface area contributed by atoms with Crippen LogP contribution in [0.25, 0.3) is 11.1 Å². The number of carbonyl (C=O) groups excluding carboxylic acids is 1. The van der Waals surface area contributed by atoms with Gasteiger partial charge in [-0.3, -0.25) is 4.79 Å². The predicted molar refractivity (Wildman–Crippen MR) is 101 cm³/mol. The Bertz CT molecular complexity index is 912. The van der Waals surface area contributed by atoms with Crippen LogP contribution in [0.4, 0.5) is 0 Å². The minimum absolute atomic E-state index is 0. The minimum atomic E-state index is -0.0650. The molecular formula is C19H21ClN4O2. The molecule has 0 unspecified atom stereocenters. The Hall–Kier alpha value is -2.44. The molecule has 0 bridgehead atoms. The van der Waals surface area contributed by atoms with Crippen molar-refractivity contribution < 1.29 is 9.32 Å². The molecule has 136 valence electrons. The Morgan fingerprint density at radius 2 is 2.08 bits per heavy atom. The van der Waals surface area contributed by atoms with Crippen LogP contribution >= 0.6 is 12.4 Å². The third kappa shape index (κ3) is 3.18. The van der Waals surface area contributed by atoms with Crippen molar-refractivity contribution in [2.24, 2.45) is 5.73 Å². The van der Waals surface area contributed by atoms with Crippen molar-refractivity contribution in [3.05, 3.63) is 59.4 Å². The van der Waals surface area contributed by atoms with Gasteiger partial charge in [-0.05, 0) is 18.1 Å². The van der Waals surface area contributed by atoms with Crippen molar-refractivity contribution in [3.8, 4) is 0 Å². The van der Waals surface area contributed by atoms with E-state index >= 15 is 0 Å². The molecule has 0 spiro atoms. The molecular weight excluding hydrogens is 352 g/mol. The molecule has 1 amide bonds. The van der Waals surface area contributed by atoms with Crippen LogP contribution in [0.3, 0.4) is 0 Å². The number of pyridine rings is 1. The quantitative estimate of drug-likeness (QED) is 0.764. The summed E-state index contributed by atoms with van der Waals surface area (Å²) in [6, 6.07) is 11.9. The molecule has 26 heavy (non-hydrogen) atoms. The van der Waals surface area contributed by atoms with Gasteiger partial charge in [0, 0.05) is 31.2 Å². The average molecular weight is 373 g/mol. The van der Waals surface area contributed by atoms with E-state index in [9.17, 15) is 4.79 Å². The number of hydrogen-bond acceptors (Lipinski definition) is 5. The molecule has 6 nitrogen and oxygen atoms in total. The standard InChI is InChI=1S/C19H20N4O2.ClH/c1-2-17-14-8-13(9-21-18(14)25-22-17)19(24)23-10-15(16(20)11-23)12-6-4-3-5-7-12;/h3-9,15-16H,2,10-11,20H2,1H3;1H/t15-,16+;/m0./s1. The van der Waals surface area contributed by atoms with E-state index < -0.39 is 0 Å². The second kappa shape index (κ2) is 7.43. The van der Waals surface area contributed by atoms with Gasteiger partial charge >= 0.3 is 0 Å². The number of nitrogens with zero attached hydrogens (tertiary/aromatic N) is 3. The first-order chi connectivity index (χ1) is 12.2. The van der Waals surface area contributed by atoms with Gasteiger partial charge in [0.15, 0.2) is 0 Å². The number of aryl methyl sites for hydroxylation is 1. The Labute approximate surface area is 157 Å². The molecule has 1 aliphatic heterocycles. The maximum Gasteiger partial charge on any atom is 0.257 e. The molecule has 1 saturated heterocycles. The topological polar surface area (TPSA) is 85.2 Å². The Kier molecular flexibility index (Phi) is 5.25. The Morgan fingerprint density at radius 3 is 2.81 bits per heavy atom. The Morgan fingerprint density at radius 1 is 1.31 bits per heavy atom. The van der Waals surface area contributed by atoms with Gasteiger partial charge in [-0.2, -0.15) is 0 Å². The van der Waals surface area contributed by atoms with Gasteiger partial charge < -0.3 is 15.2 Å². The van der Waals surface area contributed by atoms with E-state index in [2.05, 4.69) is 22.3 Å². The lowest BCUT2D eigenvalue weighted by Gasteiger charge is -2.16. The minimum Gasteiger partial charge on any atom is -0.336 e. The number of benzene rings is 1. The molecule has 0 saturated carbocycles. The summed E-state index contributed by atoms with van der Waals surface area (Å²) >= 11 is 0. The second-order valence-corrected chi connectivity index (χ2v) is 6.45. The molecule has 3 aromatic rings. The first-order valence-corrected chi connectivity index (χ1v) is 8.51. The lowest BCUT2D eigenvalue weighted by Crippen LogP contribution is -2.32. The van der Waals surface area contributed by atoms with Crippen LogP contribution < -0.4 is 5.73 Å². The smallest absolute Gasteiger partial charge is 0.257 e. The molecule has 2 N–H and O–H groups in total. The van der Waals surface area contributed by atoms with Crippen LogP contribution in [0.5, 0.6) is 0 Å². The SMILES string of the molecule is CCc1noc2ncc(C(=O)N3C[C@@H](N)[C@H](c4ccccc4)C3)cc12.Cl. The first kappa shape index (κ1) is 18.4. The van der Waals surface area contributed by atoms with Crippen LogP contribution in [0, 0.1) is 0 Å². The van der Waals surface area contributed by atoms with E-state index in [1.807, 2.05) is 36.1 Å². The molecule has 4 rings (SSSR count). The lowest BCUT2D eigenvalue weighted by molar-refractivity contribution is 0.0789. The van der Waals surface area contributed by atoms with Gasteiger partial charge in [0.05, 0.1) is 16.6 Å². The van der Waals surface area contributed by atoms with E-state index in [0.29, 0.717) is 24.4 Å². The summed E-state index contributed by atoms with van der Waals surface area (Å²) in [4.78, 5) is 19.0. The van der Waals surface area contributed by atoms with Gasteiger partial charge in [-0.25, -0.2) is 4.98 Å². The third-order valence-corrected chi connectivity index (χ3v) is 4.87. The molecule has 2 aromatic heterocycles. The van der Waals surface area contributed by atoms with Gasteiger partial charge in [0.2, 0.25) is 0 Å². The first-order valence-electron chi connectivity index (χ1n) is 8.51. The largest absolute Gasteiger partial charge is 0.336 e. The number of aromatic nitrogens is 2.